The minimum Gasteiger partial charge on any atom is -0.391 e. The fourth-order valence-corrected chi connectivity index (χ4v) is 4.23. The lowest BCUT2D eigenvalue weighted by Gasteiger charge is -2.27. The first-order valence-corrected chi connectivity index (χ1v) is 7.92. The summed E-state index contributed by atoms with van der Waals surface area (Å²) in [6.07, 6.45) is 0. The summed E-state index contributed by atoms with van der Waals surface area (Å²) in [6, 6.07) is 20.4. The van der Waals surface area contributed by atoms with Crippen molar-refractivity contribution in [2.24, 2.45) is 5.73 Å². The predicted octanol–water partition coefficient (Wildman–Crippen LogP) is 4.57. The standard InChI is InChI=1S/C15H15NS3/c1-15(14(16)17,18-12-8-4-2-5-9-12)19-13-10-6-3-7-11-13/h2-11H,1H3,(H2,16,17). The zero-order chi connectivity index (χ0) is 13.7. The third-order valence-corrected chi connectivity index (χ3v) is 5.96. The molecule has 2 N–H and O–H groups in total. The van der Waals surface area contributed by atoms with Gasteiger partial charge in [0.1, 0.15) is 4.08 Å². The summed E-state index contributed by atoms with van der Waals surface area (Å²) < 4.78 is -0.349. The Labute approximate surface area is 128 Å². The Kier molecular flexibility index (Phi) is 4.91. The molecule has 0 spiro atoms. The Morgan fingerprint density at radius 3 is 1.58 bits per heavy atom. The van der Waals surface area contributed by atoms with Gasteiger partial charge in [-0.05, 0) is 31.2 Å². The fourth-order valence-electron chi connectivity index (χ4n) is 1.55. The summed E-state index contributed by atoms with van der Waals surface area (Å²) in [5.41, 5.74) is 5.96. The molecule has 2 aromatic rings. The third-order valence-electron chi connectivity index (χ3n) is 2.56. The highest BCUT2D eigenvalue weighted by atomic mass is 32.2. The van der Waals surface area contributed by atoms with Crippen molar-refractivity contribution in [2.45, 2.75) is 20.8 Å². The fraction of sp³-hybridized carbons (Fsp3) is 0.133. The van der Waals surface area contributed by atoms with E-state index >= 15 is 0 Å². The minimum atomic E-state index is -0.349. The molecule has 98 valence electrons. The van der Waals surface area contributed by atoms with Gasteiger partial charge >= 0.3 is 0 Å². The molecule has 0 bridgehead atoms. The average Bonchev–Trinajstić information content (AvgIpc) is 2.40. The Bertz CT molecular complexity index is 498. The van der Waals surface area contributed by atoms with Gasteiger partial charge in [-0.15, -0.1) is 23.5 Å². The summed E-state index contributed by atoms with van der Waals surface area (Å²) in [4.78, 5) is 2.85. The summed E-state index contributed by atoms with van der Waals surface area (Å²) >= 11 is 8.65. The Balaban J connectivity index is 2.21. The minimum absolute atomic E-state index is 0.349. The Hall–Kier alpha value is -0.970. The van der Waals surface area contributed by atoms with Crippen LogP contribution >= 0.6 is 35.7 Å². The van der Waals surface area contributed by atoms with Crippen LogP contribution < -0.4 is 5.73 Å². The molecule has 0 aromatic heterocycles. The zero-order valence-corrected chi connectivity index (χ0v) is 13.0. The molecule has 0 amide bonds. The van der Waals surface area contributed by atoms with Crippen molar-refractivity contribution < 1.29 is 0 Å². The number of benzene rings is 2. The van der Waals surface area contributed by atoms with Crippen LogP contribution in [0.15, 0.2) is 70.5 Å². The van der Waals surface area contributed by atoms with E-state index in [2.05, 4.69) is 31.2 Å². The predicted molar refractivity (Wildman–Crippen MR) is 89.8 cm³/mol. The number of hydrogen-bond donors (Lipinski definition) is 1. The second kappa shape index (κ2) is 6.46. The van der Waals surface area contributed by atoms with Crippen molar-refractivity contribution >= 4 is 40.7 Å². The van der Waals surface area contributed by atoms with Crippen LogP contribution in [0.4, 0.5) is 0 Å². The number of nitrogens with two attached hydrogens (primary N) is 1. The number of thioether (sulfide) groups is 2. The second-order valence-corrected chi connectivity index (χ2v) is 7.82. The molecule has 0 unspecified atom stereocenters. The first-order valence-electron chi connectivity index (χ1n) is 5.88. The van der Waals surface area contributed by atoms with Crippen molar-refractivity contribution in [2.75, 3.05) is 0 Å². The number of rotatable bonds is 5. The van der Waals surface area contributed by atoms with Crippen LogP contribution in [0.2, 0.25) is 0 Å². The SMILES string of the molecule is CC(Sc1ccccc1)(Sc1ccccc1)C(N)=S. The highest BCUT2D eigenvalue weighted by Crippen LogP contribution is 2.45. The molecule has 0 aliphatic rings. The summed E-state index contributed by atoms with van der Waals surface area (Å²) in [5, 5.41) is 0. The Morgan fingerprint density at radius 1 is 0.895 bits per heavy atom. The lowest BCUT2D eigenvalue weighted by atomic mass is 10.4. The van der Waals surface area contributed by atoms with Gasteiger partial charge in [-0.1, -0.05) is 48.6 Å². The van der Waals surface area contributed by atoms with E-state index in [0.717, 1.165) is 0 Å². The highest BCUT2D eigenvalue weighted by Gasteiger charge is 2.30. The van der Waals surface area contributed by atoms with E-state index in [1.807, 2.05) is 36.4 Å². The highest BCUT2D eigenvalue weighted by molar-refractivity contribution is 8.20. The van der Waals surface area contributed by atoms with Crippen LogP contribution in [0.1, 0.15) is 6.92 Å². The monoisotopic (exact) mass is 305 g/mol. The van der Waals surface area contributed by atoms with E-state index in [9.17, 15) is 0 Å². The molecule has 0 heterocycles. The largest absolute Gasteiger partial charge is 0.391 e. The molecule has 2 aromatic carbocycles. The average molecular weight is 305 g/mol. The summed E-state index contributed by atoms with van der Waals surface area (Å²) in [6.45, 7) is 2.07. The number of thiocarbonyl (C=S) groups is 1. The van der Waals surface area contributed by atoms with E-state index in [4.69, 9.17) is 18.0 Å². The van der Waals surface area contributed by atoms with Gasteiger partial charge in [0.15, 0.2) is 0 Å². The molecule has 1 nitrogen and oxygen atoms in total. The van der Waals surface area contributed by atoms with Crippen LogP contribution in [-0.2, 0) is 0 Å². The van der Waals surface area contributed by atoms with Gasteiger partial charge in [0, 0.05) is 9.79 Å². The maximum atomic E-state index is 5.96. The molecule has 4 heteroatoms. The van der Waals surface area contributed by atoms with E-state index < -0.39 is 0 Å². The molecule has 0 aliphatic heterocycles. The van der Waals surface area contributed by atoms with Crippen LogP contribution in [0.25, 0.3) is 0 Å². The van der Waals surface area contributed by atoms with Crippen molar-refractivity contribution in [3.8, 4) is 0 Å². The molecule has 2 rings (SSSR count). The van der Waals surface area contributed by atoms with Crippen LogP contribution in [0.5, 0.6) is 0 Å². The van der Waals surface area contributed by atoms with Crippen molar-refractivity contribution in [3.05, 3.63) is 60.7 Å². The summed E-state index contributed by atoms with van der Waals surface area (Å²) in [5.74, 6) is 0. The van der Waals surface area contributed by atoms with Gasteiger partial charge in [0.2, 0.25) is 0 Å². The lowest BCUT2D eigenvalue weighted by molar-refractivity contribution is 1.20. The summed E-state index contributed by atoms with van der Waals surface area (Å²) in [7, 11) is 0. The second-order valence-electron chi connectivity index (χ2n) is 4.14. The zero-order valence-electron chi connectivity index (χ0n) is 10.6. The molecular formula is C15H15NS3. The quantitative estimate of drug-likeness (QED) is 0.497. The molecule has 19 heavy (non-hydrogen) atoms. The van der Waals surface area contributed by atoms with Crippen LogP contribution in [0.3, 0.4) is 0 Å². The smallest absolute Gasteiger partial charge is 0.117 e. The molecule has 0 aliphatic carbocycles. The van der Waals surface area contributed by atoms with E-state index in [0.29, 0.717) is 4.99 Å². The number of hydrogen-bond acceptors (Lipinski definition) is 3. The maximum absolute atomic E-state index is 5.96. The molecule has 0 radical (unpaired) electrons. The third kappa shape index (κ3) is 4.00. The van der Waals surface area contributed by atoms with Gasteiger partial charge in [0.25, 0.3) is 0 Å². The van der Waals surface area contributed by atoms with Crippen molar-refractivity contribution in [1.82, 2.24) is 0 Å². The normalized spacial score (nSPS) is 11.2. The van der Waals surface area contributed by atoms with E-state index in [1.165, 1.54) is 9.79 Å². The van der Waals surface area contributed by atoms with Crippen molar-refractivity contribution in [3.63, 3.8) is 0 Å². The molecule has 0 saturated carbocycles. The molecule has 0 atom stereocenters. The van der Waals surface area contributed by atoms with Gasteiger partial charge in [0.05, 0.1) is 4.99 Å². The Morgan fingerprint density at radius 2 is 1.26 bits per heavy atom. The molecule has 0 saturated heterocycles. The maximum Gasteiger partial charge on any atom is 0.117 e. The lowest BCUT2D eigenvalue weighted by Crippen LogP contribution is -2.32. The van der Waals surface area contributed by atoms with Crippen LogP contribution in [-0.4, -0.2) is 9.07 Å². The topological polar surface area (TPSA) is 26.0 Å². The van der Waals surface area contributed by atoms with Gasteiger partial charge in [-0.2, -0.15) is 0 Å². The molecular weight excluding hydrogens is 290 g/mol. The van der Waals surface area contributed by atoms with Crippen molar-refractivity contribution in [1.29, 1.82) is 0 Å². The van der Waals surface area contributed by atoms with Gasteiger partial charge in [-0.3, -0.25) is 0 Å². The van der Waals surface area contributed by atoms with Crippen LogP contribution in [0, 0.1) is 0 Å². The van der Waals surface area contributed by atoms with E-state index in [-0.39, 0.29) is 4.08 Å². The van der Waals surface area contributed by atoms with E-state index in [1.54, 1.807) is 23.5 Å². The first-order chi connectivity index (χ1) is 9.10. The first kappa shape index (κ1) is 14.4. The van der Waals surface area contributed by atoms with Gasteiger partial charge < -0.3 is 5.73 Å². The van der Waals surface area contributed by atoms with Gasteiger partial charge in [-0.25, -0.2) is 0 Å². The molecule has 0 fully saturated rings.